The zero-order valence-electron chi connectivity index (χ0n) is 11.3. The summed E-state index contributed by atoms with van der Waals surface area (Å²) in [6.07, 6.45) is 4.37. The van der Waals surface area contributed by atoms with Crippen LogP contribution in [0.3, 0.4) is 0 Å². The van der Waals surface area contributed by atoms with Gasteiger partial charge in [-0.1, -0.05) is 11.8 Å². The van der Waals surface area contributed by atoms with Crippen LogP contribution >= 0.6 is 11.8 Å². The first kappa shape index (κ1) is 13.6. The van der Waals surface area contributed by atoms with Gasteiger partial charge in [0.05, 0.1) is 6.61 Å². The highest BCUT2D eigenvalue weighted by atomic mass is 32.2. The van der Waals surface area contributed by atoms with E-state index in [-0.39, 0.29) is 0 Å². The molecule has 1 aromatic rings. The molecular weight excluding hydrogens is 246 g/mol. The predicted molar refractivity (Wildman–Crippen MR) is 74.4 cm³/mol. The first-order valence-corrected chi connectivity index (χ1v) is 7.66. The number of hydrogen-bond acceptors (Lipinski definition) is 5. The van der Waals surface area contributed by atoms with Crippen LogP contribution in [0.4, 0.5) is 0 Å². The van der Waals surface area contributed by atoms with E-state index in [1.807, 2.05) is 20.1 Å². The number of nitrogens with zero attached hydrogens (tertiary/aromatic N) is 2. The van der Waals surface area contributed by atoms with Gasteiger partial charge in [0.25, 0.3) is 0 Å². The van der Waals surface area contributed by atoms with E-state index in [1.54, 1.807) is 11.8 Å². The fraction of sp³-hybridized carbons (Fsp3) is 0.692. The summed E-state index contributed by atoms with van der Waals surface area (Å²) in [5.41, 5.74) is 2.07. The summed E-state index contributed by atoms with van der Waals surface area (Å²) in [5.74, 6) is 1.41. The van der Waals surface area contributed by atoms with Crippen LogP contribution in [0.5, 0.6) is 5.88 Å². The van der Waals surface area contributed by atoms with E-state index in [2.05, 4.69) is 15.3 Å². The molecule has 0 bridgehead atoms. The minimum Gasteiger partial charge on any atom is -0.477 e. The first-order chi connectivity index (χ1) is 8.70. The Morgan fingerprint density at radius 3 is 2.67 bits per heavy atom. The Kier molecular flexibility index (Phi) is 4.83. The molecule has 1 aliphatic heterocycles. The average molecular weight is 267 g/mol. The lowest BCUT2D eigenvalue weighted by atomic mass is 9.99. The SMILES string of the molecule is CSc1nc(C)c(C)c(OCC2CCNCC2)n1. The number of hydrogen-bond donors (Lipinski definition) is 1. The topological polar surface area (TPSA) is 47.0 Å². The molecule has 0 saturated carbocycles. The number of thioether (sulfide) groups is 1. The Bertz CT molecular complexity index is 405. The minimum atomic E-state index is 0.652. The summed E-state index contributed by atoms with van der Waals surface area (Å²) >= 11 is 1.56. The van der Waals surface area contributed by atoms with Gasteiger partial charge in [0, 0.05) is 11.3 Å². The second kappa shape index (κ2) is 6.38. The molecule has 0 aliphatic carbocycles. The van der Waals surface area contributed by atoms with Crippen molar-refractivity contribution in [3.8, 4) is 5.88 Å². The lowest BCUT2D eigenvalue weighted by Crippen LogP contribution is -2.30. The van der Waals surface area contributed by atoms with E-state index in [4.69, 9.17) is 4.74 Å². The van der Waals surface area contributed by atoms with Gasteiger partial charge in [-0.05, 0) is 52.0 Å². The zero-order valence-corrected chi connectivity index (χ0v) is 12.1. The number of piperidine rings is 1. The monoisotopic (exact) mass is 267 g/mol. The van der Waals surface area contributed by atoms with Crippen LogP contribution in [0, 0.1) is 19.8 Å². The van der Waals surface area contributed by atoms with E-state index < -0.39 is 0 Å². The Hall–Kier alpha value is -0.810. The van der Waals surface area contributed by atoms with Crippen molar-refractivity contribution in [3.05, 3.63) is 11.3 Å². The lowest BCUT2D eigenvalue weighted by molar-refractivity contribution is 0.206. The highest BCUT2D eigenvalue weighted by Gasteiger charge is 2.15. The van der Waals surface area contributed by atoms with Crippen molar-refractivity contribution in [2.45, 2.75) is 31.8 Å². The van der Waals surface area contributed by atoms with Crippen molar-refractivity contribution in [2.24, 2.45) is 5.92 Å². The van der Waals surface area contributed by atoms with Crippen LogP contribution in [-0.4, -0.2) is 35.9 Å². The molecule has 5 heteroatoms. The Balaban J connectivity index is 2.01. The molecule has 0 atom stereocenters. The minimum absolute atomic E-state index is 0.652. The van der Waals surface area contributed by atoms with Crippen LogP contribution in [0.2, 0.25) is 0 Å². The number of aromatic nitrogens is 2. The standard InChI is InChI=1S/C13H21N3OS/c1-9-10(2)15-13(18-3)16-12(9)17-8-11-4-6-14-7-5-11/h11,14H,4-8H2,1-3H3. The summed E-state index contributed by atoms with van der Waals surface area (Å²) in [7, 11) is 0. The summed E-state index contributed by atoms with van der Waals surface area (Å²) in [6, 6.07) is 0. The summed E-state index contributed by atoms with van der Waals surface area (Å²) in [6.45, 7) is 7.01. The Morgan fingerprint density at radius 2 is 2.00 bits per heavy atom. The average Bonchev–Trinajstić information content (AvgIpc) is 2.41. The van der Waals surface area contributed by atoms with E-state index in [0.29, 0.717) is 5.92 Å². The molecule has 1 saturated heterocycles. The second-order valence-electron chi connectivity index (χ2n) is 4.73. The smallest absolute Gasteiger partial charge is 0.220 e. The third kappa shape index (κ3) is 3.36. The van der Waals surface area contributed by atoms with Crippen LogP contribution in [-0.2, 0) is 0 Å². The summed E-state index contributed by atoms with van der Waals surface area (Å²) < 4.78 is 5.91. The Morgan fingerprint density at radius 1 is 1.28 bits per heavy atom. The molecular formula is C13H21N3OS. The number of ether oxygens (including phenoxy) is 1. The molecule has 1 N–H and O–H groups in total. The molecule has 0 unspecified atom stereocenters. The molecule has 1 aromatic heterocycles. The van der Waals surface area contributed by atoms with Crippen molar-refractivity contribution < 1.29 is 4.74 Å². The van der Waals surface area contributed by atoms with Crippen LogP contribution < -0.4 is 10.1 Å². The van der Waals surface area contributed by atoms with Crippen LogP contribution in [0.25, 0.3) is 0 Å². The highest BCUT2D eigenvalue weighted by molar-refractivity contribution is 7.98. The maximum atomic E-state index is 5.91. The van der Waals surface area contributed by atoms with Gasteiger partial charge in [-0.2, -0.15) is 4.98 Å². The molecule has 1 fully saturated rings. The predicted octanol–water partition coefficient (Wildman–Crippen LogP) is 2.19. The molecule has 0 spiro atoms. The van der Waals surface area contributed by atoms with E-state index in [9.17, 15) is 0 Å². The van der Waals surface area contributed by atoms with Gasteiger partial charge in [0.15, 0.2) is 5.16 Å². The summed E-state index contributed by atoms with van der Waals surface area (Å²) in [4.78, 5) is 8.86. The molecule has 0 radical (unpaired) electrons. The first-order valence-electron chi connectivity index (χ1n) is 6.43. The van der Waals surface area contributed by atoms with Crippen molar-refractivity contribution in [1.82, 2.24) is 15.3 Å². The number of rotatable bonds is 4. The molecule has 100 valence electrons. The van der Waals surface area contributed by atoms with E-state index in [0.717, 1.165) is 42.0 Å². The van der Waals surface area contributed by atoms with Crippen molar-refractivity contribution in [1.29, 1.82) is 0 Å². The second-order valence-corrected chi connectivity index (χ2v) is 5.50. The maximum absolute atomic E-state index is 5.91. The van der Waals surface area contributed by atoms with Crippen LogP contribution in [0.15, 0.2) is 5.16 Å². The summed E-state index contributed by atoms with van der Waals surface area (Å²) in [5, 5.41) is 4.16. The zero-order chi connectivity index (χ0) is 13.0. The fourth-order valence-electron chi connectivity index (χ4n) is 2.05. The normalized spacial score (nSPS) is 16.8. The van der Waals surface area contributed by atoms with E-state index in [1.165, 1.54) is 12.8 Å². The lowest BCUT2D eigenvalue weighted by Gasteiger charge is -2.22. The van der Waals surface area contributed by atoms with Gasteiger partial charge in [-0.25, -0.2) is 4.98 Å². The van der Waals surface area contributed by atoms with Gasteiger partial charge in [-0.15, -0.1) is 0 Å². The number of aryl methyl sites for hydroxylation is 1. The third-order valence-electron chi connectivity index (χ3n) is 3.42. The van der Waals surface area contributed by atoms with Gasteiger partial charge in [-0.3, -0.25) is 0 Å². The quantitative estimate of drug-likeness (QED) is 0.669. The van der Waals surface area contributed by atoms with Gasteiger partial charge >= 0.3 is 0 Å². The van der Waals surface area contributed by atoms with Gasteiger partial charge in [0.1, 0.15) is 0 Å². The molecule has 0 amide bonds. The molecule has 4 nitrogen and oxygen atoms in total. The van der Waals surface area contributed by atoms with Crippen molar-refractivity contribution >= 4 is 11.8 Å². The molecule has 0 aromatic carbocycles. The third-order valence-corrected chi connectivity index (χ3v) is 3.97. The number of nitrogens with one attached hydrogen (secondary N) is 1. The molecule has 2 rings (SSSR count). The molecule has 2 heterocycles. The van der Waals surface area contributed by atoms with Gasteiger partial charge < -0.3 is 10.1 Å². The van der Waals surface area contributed by atoms with E-state index >= 15 is 0 Å². The Labute approximate surface area is 113 Å². The van der Waals surface area contributed by atoms with Crippen molar-refractivity contribution in [2.75, 3.05) is 26.0 Å². The fourth-order valence-corrected chi connectivity index (χ4v) is 2.46. The van der Waals surface area contributed by atoms with Crippen molar-refractivity contribution in [3.63, 3.8) is 0 Å². The highest BCUT2D eigenvalue weighted by Crippen LogP contribution is 2.22. The van der Waals surface area contributed by atoms with Crippen LogP contribution in [0.1, 0.15) is 24.1 Å². The van der Waals surface area contributed by atoms with Gasteiger partial charge in [0.2, 0.25) is 5.88 Å². The molecule has 18 heavy (non-hydrogen) atoms. The maximum Gasteiger partial charge on any atom is 0.220 e. The largest absolute Gasteiger partial charge is 0.477 e. The molecule has 1 aliphatic rings.